The molecule has 78 valence electrons. The molecule has 0 spiro atoms. The van der Waals surface area contributed by atoms with Crippen molar-refractivity contribution in [3.63, 3.8) is 0 Å². The summed E-state index contributed by atoms with van der Waals surface area (Å²) in [7, 11) is -3.11. The van der Waals surface area contributed by atoms with Crippen molar-refractivity contribution in [2.45, 2.75) is 23.3 Å². The second-order valence-electron chi connectivity index (χ2n) is 3.18. The maximum absolute atomic E-state index is 11.8. The Bertz CT molecular complexity index is 384. The van der Waals surface area contributed by atoms with Gasteiger partial charge in [-0.15, -0.1) is 0 Å². The van der Waals surface area contributed by atoms with Crippen LogP contribution in [-0.2, 0) is 9.84 Å². The quantitative estimate of drug-likeness (QED) is 0.796. The van der Waals surface area contributed by atoms with Crippen molar-refractivity contribution >= 4 is 25.8 Å². The van der Waals surface area contributed by atoms with Gasteiger partial charge in [-0.3, -0.25) is 0 Å². The van der Waals surface area contributed by atoms with Gasteiger partial charge in [-0.05, 0) is 19.4 Å². The second kappa shape index (κ2) is 4.45. The van der Waals surface area contributed by atoms with Crippen molar-refractivity contribution < 1.29 is 8.42 Å². The lowest BCUT2D eigenvalue weighted by atomic mass is 10.2. The van der Waals surface area contributed by atoms with Gasteiger partial charge in [0.15, 0.2) is 9.84 Å². The van der Waals surface area contributed by atoms with E-state index in [2.05, 4.69) is 15.9 Å². The van der Waals surface area contributed by atoms with Crippen LogP contribution in [0.25, 0.3) is 0 Å². The molecule has 14 heavy (non-hydrogen) atoms. The molecule has 4 heteroatoms. The lowest BCUT2D eigenvalue weighted by molar-refractivity contribution is 0.585. The molecule has 1 aromatic carbocycles. The summed E-state index contributed by atoms with van der Waals surface area (Å²) in [6.45, 7) is 3.34. The molecule has 0 aliphatic carbocycles. The molecule has 0 bridgehead atoms. The molecule has 0 saturated heterocycles. The monoisotopic (exact) mass is 276 g/mol. The fraction of sp³-hybridized carbons (Fsp3) is 0.400. The summed E-state index contributed by atoms with van der Waals surface area (Å²) in [4.78, 5) is 0. The van der Waals surface area contributed by atoms with E-state index in [1.165, 1.54) is 0 Å². The first kappa shape index (κ1) is 11.7. The smallest absolute Gasteiger partial charge is 0.169 e. The first-order chi connectivity index (χ1) is 6.46. The molecule has 0 aliphatic heterocycles. The Kier molecular flexibility index (Phi) is 3.72. The molecule has 0 saturated carbocycles. The van der Waals surface area contributed by atoms with Crippen LogP contribution in [0.15, 0.2) is 30.3 Å². The van der Waals surface area contributed by atoms with Crippen LogP contribution in [0.3, 0.4) is 0 Å². The zero-order valence-electron chi connectivity index (χ0n) is 8.14. The molecule has 0 amide bonds. The standard InChI is InChI=1S/C10H13BrO2S/c1-8(14(12,13)9(2)11)10-6-4-3-5-7-10/h3-9H,1-2H3/t8-,9+/m0/s1. The number of sulfone groups is 1. The van der Waals surface area contributed by atoms with Crippen LogP contribution in [0.2, 0.25) is 0 Å². The van der Waals surface area contributed by atoms with Gasteiger partial charge in [0.2, 0.25) is 0 Å². The van der Waals surface area contributed by atoms with E-state index in [1.807, 2.05) is 30.3 Å². The third-order valence-corrected chi connectivity index (χ3v) is 5.94. The lowest BCUT2D eigenvalue weighted by Gasteiger charge is -2.14. The minimum absolute atomic E-state index is 0.460. The SMILES string of the molecule is C[C@H](Br)S(=O)(=O)[C@@H](C)c1ccccc1. The number of hydrogen-bond donors (Lipinski definition) is 0. The normalized spacial score (nSPS) is 16.2. The number of halogens is 1. The number of hydrogen-bond acceptors (Lipinski definition) is 2. The Hall–Kier alpha value is -0.350. The van der Waals surface area contributed by atoms with E-state index in [0.29, 0.717) is 0 Å². The van der Waals surface area contributed by atoms with Crippen molar-refractivity contribution in [2.75, 3.05) is 0 Å². The summed E-state index contributed by atoms with van der Waals surface area (Å²) in [5.74, 6) is 0. The van der Waals surface area contributed by atoms with Crippen LogP contribution < -0.4 is 0 Å². The first-order valence-electron chi connectivity index (χ1n) is 4.38. The fourth-order valence-corrected chi connectivity index (χ4v) is 3.27. The Balaban J connectivity index is 3.03. The Morgan fingerprint density at radius 1 is 1.14 bits per heavy atom. The molecule has 0 radical (unpaired) electrons. The van der Waals surface area contributed by atoms with Gasteiger partial charge < -0.3 is 0 Å². The van der Waals surface area contributed by atoms with E-state index in [-0.39, 0.29) is 0 Å². The first-order valence-corrected chi connectivity index (χ1v) is 6.90. The van der Waals surface area contributed by atoms with Crippen LogP contribution in [-0.4, -0.2) is 12.6 Å². The largest absolute Gasteiger partial charge is 0.227 e. The van der Waals surface area contributed by atoms with Crippen molar-refractivity contribution in [3.8, 4) is 0 Å². The number of rotatable bonds is 3. The van der Waals surface area contributed by atoms with Gasteiger partial charge in [-0.25, -0.2) is 8.42 Å². The predicted molar refractivity (Wildman–Crippen MR) is 62.2 cm³/mol. The summed E-state index contributed by atoms with van der Waals surface area (Å²) in [5.41, 5.74) is 0.832. The Morgan fingerprint density at radius 3 is 2.07 bits per heavy atom. The highest BCUT2D eigenvalue weighted by molar-refractivity contribution is 9.11. The maximum Gasteiger partial charge on any atom is 0.169 e. The van der Waals surface area contributed by atoms with E-state index in [1.54, 1.807) is 13.8 Å². The van der Waals surface area contributed by atoms with Gasteiger partial charge in [0, 0.05) is 0 Å². The van der Waals surface area contributed by atoms with E-state index in [0.717, 1.165) is 5.56 Å². The van der Waals surface area contributed by atoms with E-state index < -0.39 is 19.2 Å². The van der Waals surface area contributed by atoms with Gasteiger partial charge in [0.05, 0.1) is 5.25 Å². The molecule has 2 atom stereocenters. The molecule has 0 heterocycles. The minimum atomic E-state index is -3.11. The molecule has 0 unspecified atom stereocenters. The van der Waals surface area contributed by atoms with Crippen molar-refractivity contribution in [1.82, 2.24) is 0 Å². The highest BCUT2D eigenvalue weighted by Crippen LogP contribution is 2.27. The van der Waals surface area contributed by atoms with Crippen molar-refractivity contribution in [1.29, 1.82) is 0 Å². The van der Waals surface area contributed by atoms with Crippen molar-refractivity contribution in [2.24, 2.45) is 0 Å². The molecule has 0 fully saturated rings. The van der Waals surface area contributed by atoms with E-state index in [9.17, 15) is 8.42 Å². The van der Waals surface area contributed by atoms with E-state index in [4.69, 9.17) is 0 Å². The number of benzene rings is 1. The minimum Gasteiger partial charge on any atom is -0.227 e. The molecule has 0 aliphatic rings. The maximum atomic E-state index is 11.8. The zero-order chi connectivity index (χ0) is 10.8. The summed E-state index contributed by atoms with van der Waals surface area (Å²) < 4.78 is 23.1. The van der Waals surface area contributed by atoms with E-state index >= 15 is 0 Å². The third kappa shape index (κ3) is 2.36. The highest BCUT2D eigenvalue weighted by Gasteiger charge is 2.26. The third-order valence-electron chi connectivity index (χ3n) is 2.21. The molecule has 0 aromatic heterocycles. The Morgan fingerprint density at radius 2 is 1.64 bits per heavy atom. The summed E-state index contributed by atoms with van der Waals surface area (Å²) in [5, 5.41) is -0.460. The van der Waals surface area contributed by atoms with Gasteiger partial charge in [-0.1, -0.05) is 46.3 Å². The van der Waals surface area contributed by atoms with Gasteiger partial charge in [0.1, 0.15) is 4.16 Å². The van der Waals surface area contributed by atoms with Crippen LogP contribution in [0.1, 0.15) is 24.7 Å². The van der Waals surface area contributed by atoms with Crippen LogP contribution in [0.4, 0.5) is 0 Å². The van der Waals surface area contributed by atoms with Crippen LogP contribution >= 0.6 is 15.9 Å². The molecule has 0 N–H and O–H groups in total. The molecule has 2 nitrogen and oxygen atoms in total. The average molecular weight is 277 g/mol. The lowest BCUT2D eigenvalue weighted by Crippen LogP contribution is -2.17. The van der Waals surface area contributed by atoms with Gasteiger partial charge >= 0.3 is 0 Å². The average Bonchev–Trinajstić information content (AvgIpc) is 2.17. The second-order valence-corrected chi connectivity index (χ2v) is 7.76. The fourth-order valence-electron chi connectivity index (χ4n) is 1.20. The molecule has 1 rings (SSSR count). The molecular weight excluding hydrogens is 264 g/mol. The van der Waals surface area contributed by atoms with Crippen molar-refractivity contribution in [3.05, 3.63) is 35.9 Å². The summed E-state index contributed by atoms with van der Waals surface area (Å²) in [6, 6.07) is 9.23. The predicted octanol–water partition coefficient (Wildman–Crippen LogP) is 2.90. The van der Waals surface area contributed by atoms with Gasteiger partial charge in [-0.2, -0.15) is 0 Å². The summed E-state index contributed by atoms with van der Waals surface area (Å²) >= 11 is 3.11. The number of alkyl halides is 1. The van der Waals surface area contributed by atoms with Crippen LogP contribution in [0, 0.1) is 0 Å². The summed E-state index contributed by atoms with van der Waals surface area (Å²) in [6.07, 6.45) is 0. The highest BCUT2D eigenvalue weighted by atomic mass is 79.9. The van der Waals surface area contributed by atoms with Gasteiger partial charge in [0.25, 0.3) is 0 Å². The van der Waals surface area contributed by atoms with Crippen LogP contribution in [0.5, 0.6) is 0 Å². The molecule has 1 aromatic rings. The zero-order valence-corrected chi connectivity index (χ0v) is 10.5. The Labute approximate surface area is 93.4 Å². The topological polar surface area (TPSA) is 34.1 Å². The molecular formula is C10H13BrO2S.